The number of ether oxygens (including phenoxy) is 1. The summed E-state index contributed by atoms with van der Waals surface area (Å²) in [6.45, 7) is 0. The first-order chi connectivity index (χ1) is 12.4. The van der Waals surface area contributed by atoms with Crippen LogP contribution in [0.4, 0.5) is 32.2 Å². The van der Waals surface area contributed by atoms with E-state index >= 15 is 0 Å². The summed E-state index contributed by atoms with van der Waals surface area (Å²) in [5.41, 5.74) is 0.274. The first-order valence-electron chi connectivity index (χ1n) is 6.72. The highest BCUT2D eigenvalue weighted by Gasteiger charge is 2.40. The zero-order valence-corrected chi connectivity index (χ0v) is 12.8. The molecule has 0 aliphatic rings. The minimum atomic E-state index is -5.38. The van der Waals surface area contributed by atoms with E-state index in [-0.39, 0.29) is 6.07 Å². The highest BCUT2D eigenvalue weighted by atomic mass is 19.4. The molecule has 0 spiro atoms. The van der Waals surface area contributed by atoms with Crippen molar-refractivity contribution in [3.63, 3.8) is 0 Å². The van der Waals surface area contributed by atoms with Gasteiger partial charge in [-0.25, -0.2) is 0 Å². The number of rotatable bonds is 2. The third-order valence-electron chi connectivity index (χ3n) is 3.27. The number of halogens is 6. The molecule has 0 radical (unpaired) electrons. The predicted molar refractivity (Wildman–Crippen MR) is 78.0 cm³/mol. The van der Waals surface area contributed by atoms with Gasteiger partial charge in [-0.05, 0) is 17.7 Å². The fourth-order valence-electron chi connectivity index (χ4n) is 2.25. The van der Waals surface area contributed by atoms with Crippen LogP contribution in [0, 0.1) is 22.7 Å². The smallest absolute Gasteiger partial charge is 0.405 e. The van der Waals surface area contributed by atoms with Gasteiger partial charge < -0.3 is 15.5 Å². The molecular formula is C15H6F6N4O2. The van der Waals surface area contributed by atoms with Gasteiger partial charge in [0.1, 0.15) is 34.8 Å². The van der Waals surface area contributed by atoms with Crippen molar-refractivity contribution in [3.05, 3.63) is 45.2 Å². The largest absolute Gasteiger partial charge is 0.573 e. The van der Waals surface area contributed by atoms with Crippen LogP contribution in [-0.4, -0.2) is 11.3 Å². The Hall–Kier alpha value is -3.67. The molecule has 0 fully saturated rings. The fraction of sp³-hybridized carbons (Fsp3) is 0.133. The average Bonchev–Trinajstić information content (AvgIpc) is 2.52. The second-order valence-electron chi connectivity index (χ2n) is 4.97. The summed E-state index contributed by atoms with van der Waals surface area (Å²) in [5.74, 6) is -2.05. The van der Waals surface area contributed by atoms with E-state index in [0.29, 0.717) is 6.07 Å². The molecule has 0 saturated carbocycles. The number of hydrogen-bond donors (Lipinski definition) is 2. The molecule has 0 saturated heterocycles. The molecule has 27 heavy (non-hydrogen) atoms. The number of aromatic amines is 1. The van der Waals surface area contributed by atoms with E-state index < -0.39 is 57.5 Å². The summed E-state index contributed by atoms with van der Waals surface area (Å²) in [6, 6.07) is 4.31. The summed E-state index contributed by atoms with van der Waals surface area (Å²) in [4.78, 5) is 13.8. The van der Waals surface area contributed by atoms with E-state index in [4.69, 9.17) is 16.3 Å². The zero-order valence-electron chi connectivity index (χ0n) is 12.8. The van der Waals surface area contributed by atoms with Gasteiger partial charge in [0.25, 0.3) is 5.56 Å². The molecule has 0 aliphatic heterocycles. The van der Waals surface area contributed by atoms with Crippen LogP contribution in [0.5, 0.6) is 5.75 Å². The van der Waals surface area contributed by atoms with Gasteiger partial charge >= 0.3 is 12.5 Å². The monoisotopic (exact) mass is 388 g/mol. The number of anilines is 1. The van der Waals surface area contributed by atoms with E-state index in [2.05, 4.69) is 4.74 Å². The highest BCUT2D eigenvalue weighted by molar-refractivity contribution is 5.80. The Balaban J connectivity index is 2.85. The van der Waals surface area contributed by atoms with Crippen LogP contribution in [0.15, 0.2) is 23.0 Å². The summed E-state index contributed by atoms with van der Waals surface area (Å²) < 4.78 is 79.9. The van der Waals surface area contributed by atoms with Gasteiger partial charge in [0, 0.05) is 5.56 Å². The third-order valence-corrected chi connectivity index (χ3v) is 3.27. The number of hydrogen-bond acceptors (Lipinski definition) is 5. The number of aromatic nitrogens is 1. The van der Waals surface area contributed by atoms with Crippen LogP contribution in [0.2, 0.25) is 0 Å². The first kappa shape index (κ1) is 19.7. The normalized spacial score (nSPS) is 11.6. The maximum absolute atomic E-state index is 13.2. The number of pyridine rings is 1. The first-order valence-corrected chi connectivity index (χ1v) is 6.72. The molecule has 3 N–H and O–H groups in total. The second kappa shape index (κ2) is 6.57. The molecule has 0 aliphatic carbocycles. The maximum Gasteiger partial charge on any atom is 0.573 e. The maximum atomic E-state index is 13.2. The Bertz CT molecular complexity index is 1040. The van der Waals surface area contributed by atoms with Crippen LogP contribution in [0.25, 0.3) is 11.1 Å². The topological polar surface area (TPSA) is 116 Å². The summed E-state index contributed by atoms with van der Waals surface area (Å²) in [7, 11) is 0. The summed E-state index contributed by atoms with van der Waals surface area (Å²) >= 11 is 0. The van der Waals surface area contributed by atoms with Crippen molar-refractivity contribution in [2.45, 2.75) is 12.5 Å². The molecular weight excluding hydrogens is 382 g/mol. The summed E-state index contributed by atoms with van der Waals surface area (Å²) in [6.07, 6.45) is -10.6. The highest BCUT2D eigenvalue weighted by Crippen LogP contribution is 2.41. The van der Waals surface area contributed by atoms with E-state index in [9.17, 15) is 31.1 Å². The van der Waals surface area contributed by atoms with Gasteiger partial charge in [-0.1, -0.05) is 6.07 Å². The molecule has 1 heterocycles. The van der Waals surface area contributed by atoms with Gasteiger partial charge in [-0.15, -0.1) is 13.2 Å². The number of nitrogens with zero attached hydrogens (tertiary/aromatic N) is 2. The van der Waals surface area contributed by atoms with E-state index in [1.165, 1.54) is 12.1 Å². The van der Waals surface area contributed by atoms with Crippen molar-refractivity contribution in [3.8, 4) is 29.0 Å². The molecule has 1 aromatic heterocycles. The van der Waals surface area contributed by atoms with Crippen molar-refractivity contribution in [1.29, 1.82) is 10.5 Å². The van der Waals surface area contributed by atoms with Crippen molar-refractivity contribution in [1.82, 2.24) is 4.98 Å². The van der Waals surface area contributed by atoms with Gasteiger partial charge in [-0.2, -0.15) is 23.7 Å². The SMILES string of the molecule is N#Cc1c(N)[nH]c(=O)c(C#N)c1-c1ccc(OC(F)(F)F)c(C(F)(F)F)c1. The number of nitriles is 2. The van der Waals surface area contributed by atoms with Crippen LogP contribution in [0.1, 0.15) is 16.7 Å². The summed E-state index contributed by atoms with van der Waals surface area (Å²) in [5, 5.41) is 18.2. The number of nitrogen functional groups attached to an aromatic ring is 1. The quantitative estimate of drug-likeness (QED) is 0.766. The number of nitrogens with two attached hydrogens (primary N) is 1. The Morgan fingerprint density at radius 3 is 2.11 bits per heavy atom. The van der Waals surface area contributed by atoms with Gasteiger partial charge in [0.05, 0.1) is 5.56 Å². The molecule has 2 rings (SSSR count). The van der Waals surface area contributed by atoms with Crippen molar-refractivity contribution >= 4 is 5.82 Å². The number of nitrogens with one attached hydrogen (secondary N) is 1. The molecule has 0 bridgehead atoms. The van der Waals surface area contributed by atoms with Crippen molar-refractivity contribution < 1.29 is 31.1 Å². The molecule has 140 valence electrons. The Morgan fingerprint density at radius 1 is 1.04 bits per heavy atom. The van der Waals surface area contributed by atoms with Crippen molar-refractivity contribution in [2.75, 3.05) is 5.73 Å². The third kappa shape index (κ3) is 3.95. The fourth-order valence-corrected chi connectivity index (χ4v) is 2.25. The average molecular weight is 388 g/mol. The molecule has 6 nitrogen and oxygen atoms in total. The molecule has 1 aromatic carbocycles. The Morgan fingerprint density at radius 2 is 1.63 bits per heavy atom. The van der Waals surface area contributed by atoms with E-state index in [1.807, 2.05) is 4.98 Å². The second-order valence-corrected chi connectivity index (χ2v) is 4.97. The zero-order chi connectivity index (χ0) is 20.6. The van der Waals surface area contributed by atoms with Crippen molar-refractivity contribution in [2.24, 2.45) is 0 Å². The van der Waals surface area contributed by atoms with Crippen LogP contribution < -0.4 is 16.0 Å². The molecule has 0 atom stereocenters. The minimum absolute atomic E-state index is 0.233. The van der Waals surface area contributed by atoms with Crippen LogP contribution in [-0.2, 0) is 6.18 Å². The molecule has 0 amide bonds. The van der Waals surface area contributed by atoms with Gasteiger partial charge in [0.15, 0.2) is 0 Å². The van der Waals surface area contributed by atoms with Crippen LogP contribution >= 0.6 is 0 Å². The lowest BCUT2D eigenvalue weighted by Crippen LogP contribution is -2.20. The lowest BCUT2D eigenvalue weighted by atomic mass is 9.95. The Kier molecular flexibility index (Phi) is 4.78. The number of alkyl halides is 6. The van der Waals surface area contributed by atoms with E-state index in [0.717, 1.165) is 6.07 Å². The van der Waals surface area contributed by atoms with E-state index in [1.54, 1.807) is 0 Å². The number of benzene rings is 1. The van der Waals surface area contributed by atoms with Crippen LogP contribution in [0.3, 0.4) is 0 Å². The Labute approximate surface area is 146 Å². The molecule has 12 heteroatoms. The van der Waals surface area contributed by atoms with Gasteiger partial charge in [0.2, 0.25) is 0 Å². The molecule has 0 unspecified atom stereocenters. The van der Waals surface area contributed by atoms with Gasteiger partial charge in [-0.3, -0.25) is 4.79 Å². The molecule has 2 aromatic rings. The standard InChI is InChI=1S/C15H6F6N4O2/c16-14(17,18)9-3-6(1-2-10(9)27-15(19,20)21)11-7(4-22)12(24)25-13(26)8(11)5-23/h1-3H,(H3,24,25,26). The number of H-pyrrole nitrogens is 1. The predicted octanol–water partition coefficient (Wildman–Crippen LogP) is 3.28. The lowest BCUT2D eigenvalue weighted by Gasteiger charge is -2.17. The minimum Gasteiger partial charge on any atom is -0.405 e. The lowest BCUT2D eigenvalue weighted by molar-refractivity contribution is -0.276.